The number of allylic oxidation sites excluding steroid dienone is 1. The van der Waals surface area contributed by atoms with Gasteiger partial charge in [0.15, 0.2) is 23.0 Å². The first kappa shape index (κ1) is 24.0. The standard InChI is InChI=1S/C27H29N3O5/c1-30-14-18(10-16-6-8-21(31-2)23(11-16)33-4)26-20(15-30)25(19(13-28)27(29)35-26)17-7-9-22(32-3)24(12-17)34-5/h6-12,25H,14-15,29H2,1-5H3/b18-10-/t25-/m1/s1. The van der Waals surface area contributed by atoms with Crippen LogP contribution in [0.4, 0.5) is 0 Å². The molecule has 1 atom stereocenters. The summed E-state index contributed by atoms with van der Waals surface area (Å²) >= 11 is 0. The Kier molecular flexibility index (Phi) is 6.90. The summed E-state index contributed by atoms with van der Waals surface area (Å²) in [6.07, 6.45) is 2.04. The van der Waals surface area contributed by atoms with E-state index < -0.39 is 0 Å². The summed E-state index contributed by atoms with van der Waals surface area (Å²) in [6.45, 7) is 1.27. The highest BCUT2D eigenvalue weighted by atomic mass is 16.5. The molecule has 0 aliphatic carbocycles. The van der Waals surface area contributed by atoms with E-state index in [1.54, 1.807) is 28.4 Å². The third-order valence-electron chi connectivity index (χ3n) is 6.19. The number of rotatable bonds is 6. The Morgan fingerprint density at radius 1 is 0.943 bits per heavy atom. The van der Waals surface area contributed by atoms with E-state index in [0.717, 1.165) is 22.3 Å². The number of benzene rings is 2. The van der Waals surface area contributed by atoms with Crippen LogP contribution in [0, 0.1) is 11.3 Å². The predicted molar refractivity (Wildman–Crippen MR) is 132 cm³/mol. The molecule has 2 aromatic rings. The van der Waals surface area contributed by atoms with Gasteiger partial charge in [0.25, 0.3) is 0 Å². The molecule has 2 heterocycles. The van der Waals surface area contributed by atoms with Crippen LogP contribution in [-0.4, -0.2) is 53.5 Å². The molecule has 0 bridgehead atoms. The molecule has 2 N–H and O–H groups in total. The van der Waals surface area contributed by atoms with Crippen molar-refractivity contribution in [3.8, 4) is 29.1 Å². The third kappa shape index (κ3) is 4.51. The van der Waals surface area contributed by atoms with Gasteiger partial charge in [-0.1, -0.05) is 12.1 Å². The minimum atomic E-state index is -0.375. The van der Waals surface area contributed by atoms with E-state index in [2.05, 4.69) is 11.0 Å². The molecule has 0 saturated carbocycles. The third-order valence-corrected chi connectivity index (χ3v) is 6.19. The molecule has 2 aromatic carbocycles. The number of hydrogen-bond donors (Lipinski definition) is 1. The van der Waals surface area contributed by atoms with Crippen LogP contribution >= 0.6 is 0 Å². The number of hydrogen-bond acceptors (Lipinski definition) is 8. The van der Waals surface area contributed by atoms with E-state index >= 15 is 0 Å². The molecular weight excluding hydrogens is 446 g/mol. The highest BCUT2D eigenvalue weighted by Crippen LogP contribution is 2.45. The van der Waals surface area contributed by atoms with Crippen molar-refractivity contribution in [1.82, 2.24) is 4.90 Å². The van der Waals surface area contributed by atoms with Crippen LogP contribution in [0.15, 0.2) is 64.8 Å². The number of nitrogens with two attached hydrogens (primary N) is 1. The minimum Gasteiger partial charge on any atom is -0.493 e. The largest absolute Gasteiger partial charge is 0.493 e. The number of nitrogens with zero attached hydrogens (tertiary/aromatic N) is 2. The number of methoxy groups -OCH3 is 4. The molecule has 8 nitrogen and oxygen atoms in total. The summed E-state index contributed by atoms with van der Waals surface area (Å²) < 4.78 is 27.8. The van der Waals surface area contributed by atoms with Crippen molar-refractivity contribution in [3.63, 3.8) is 0 Å². The molecule has 0 aromatic heterocycles. The van der Waals surface area contributed by atoms with Crippen LogP contribution in [0.3, 0.4) is 0 Å². The molecule has 2 aliphatic heterocycles. The lowest BCUT2D eigenvalue weighted by Crippen LogP contribution is -2.35. The second-order valence-corrected chi connectivity index (χ2v) is 8.35. The van der Waals surface area contributed by atoms with Gasteiger partial charge >= 0.3 is 0 Å². The molecule has 0 amide bonds. The van der Waals surface area contributed by atoms with E-state index in [-0.39, 0.29) is 11.8 Å². The van der Waals surface area contributed by atoms with Crippen LogP contribution < -0.4 is 24.7 Å². The van der Waals surface area contributed by atoms with Gasteiger partial charge in [-0.25, -0.2) is 0 Å². The van der Waals surface area contributed by atoms with Gasteiger partial charge in [-0.05, 0) is 54.1 Å². The van der Waals surface area contributed by atoms with Crippen LogP contribution in [0.2, 0.25) is 0 Å². The van der Waals surface area contributed by atoms with E-state index in [1.165, 1.54) is 0 Å². The molecule has 2 aliphatic rings. The van der Waals surface area contributed by atoms with Gasteiger partial charge in [0.1, 0.15) is 17.4 Å². The Balaban J connectivity index is 1.85. The molecule has 35 heavy (non-hydrogen) atoms. The van der Waals surface area contributed by atoms with Gasteiger partial charge in [-0.15, -0.1) is 0 Å². The van der Waals surface area contributed by atoms with Crippen molar-refractivity contribution in [1.29, 1.82) is 5.26 Å². The molecule has 8 heteroatoms. The van der Waals surface area contributed by atoms with Crippen LogP contribution in [-0.2, 0) is 4.74 Å². The van der Waals surface area contributed by atoms with E-state index in [9.17, 15) is 5.26 Å². The van der Waals surface area contributed by atoms with Gasteiger partial charge in [0, 0.05) is 18.7 Å². The fourth-order valence-electron chi connectivity index (χ4n) is 4.60. The van der Waals surface area contributed by atoms with Crippen LogP contribution in [0.5, 0.6) is 23.0 Å². The summed E-state index contributed by atoms with van der Waals surface area (Å²) in [6, 6.07) is 13.6. The maximum Gasteiger partial charge on any atom is 0.205 e. The van der Waals surface area contributed by atoms with Crippen molar-refractivity contribution in [3.05, 3.63) is 75.9 Å². The molecule has 0 fully saturated rings. The lowest BCUT2D eigenvalue weighted by Gasteiger charge is -2.37. The first-order valence-electron chi connectivity index (χ1n) is 11.1. The first-order chi connectivity index (χ1) is 16.9. The van der Waals surface area contributed by atoms with Crippen molar-refractivity contribution >= 4 is 6.08 Å². The molecule has 182 valence electrons. The van der Waals surface area contributed by atoms with Crippen LogP contribution in [0.25, 0.3) is 6.08 Å². The average molecular weight is 476 g/mol. The quantitative estimate of drug-likeness (QED) is 0.673. The van der Waals surface area contributed by atoms with Gasteiger partial charge in [0.05, 0.1) is 34.4 Å². The second kappa shape index (κ2) is 10.0. The molecule has 0 saturated heterocycles. The fraction of sp³-hybridized carbons (Fsp3) is 0.296. The molecule has 0 radical (unpaired) electrons. The SMILES string of the molecule is COc1ccc(/C=C2/CN(C)CC3=C2OC(N)=C(C#N)[C@H]3c2ccc(OC)c(OC)c2)cc1OC. The summed E-state index contributed by atoms with van der Waals surface area (Å²) in [4.78, 5) is 2.18. The highest BCUT2D eigenvalue weighted by Gasteiger charge is 2.37. The second-order valence-electron chi connectivity index (χ2n) is 8.35. The van der Waals surface area contributed by atoms with Crippen molar-refractivity contribution < 1.29 is 23.7 Å². The minimum absolute atomic E-state index is 0.105. The van der Waals surface area contributed by atoms with E-state index in [4.69, 9.17) is 29.4 Å². The monoisotopic (exact) mass is 475 g/mol. The average Bonchev–Trinajstić information content (AvgIpc) is 2.87. The smallest absolute Gasteiger partial charge is 0.205 e. The van der Waals surface area contributed by atoms with Crippen molar-refractivity contribution in [2.45, 2.75) is 5.92 Å². The van der Waals surface area contributed by atoms with Crippen molar-refractivity contribution in [2.75, 3.05) is 48.6 Å². The van der Waals surface area contributed by atoms with Gasteiger partial charge in [-0.2, -0.15) is 5.26 Å². The Hall–Kier alpha value is -4.09. The van der Waals surface area contributed by atoms with Crippen LogP contribution in [0.1, 0.15) is 17.0 Å². The Labute approximate surface area is 205 Å². The summed E-state index contributed by atoms with van der Waals surface area (Å²) in [5, 5.41) is 9.98. The maximum absolute atomic E-state index is 9.98. The molecular formula is C27H29N3O5. The van der Waals surface area contributed by atoms with Gasteiger partial charge in [-0.3, -0.25) is 4.90 Å². The lowest BCUT2D eigenvalue weighted by molar-refractivity contribution is 0.251. The molecule has 4 rings (SSSR count). The topological polar surface area (TPSA) is 99.2 Å². The first-order valence-corrected chi connectivity index (χ1v) is 11.1. The zero-order chi connectivity index (χ0) is 25.1. The number of nitriles is 1. The summed E-state index contributed by atoms with van der Waals surface area (Å²) in [7, 11) is 8.42. The Morgan fingerprint density at radius 3 is 2.20 bits per heavy atom. The molecule has 0 spiro atoms. The normalized spacial score (nSPS) is 19.1. The highest BCUT2D eigenvalue weighted by molar-refractivity contribution is 5.65. The molecule has 0 unspecified atom stereocenters. The summed E-state index contributed by atoms with van der Waals surface area (Å²) in [5.41, 5.74) is 10.4. The lowest BCUT2D eigenvalue weighted by atomic mass is 9.80. The summed E-state index contributed by atoms with van der Waals surface area (Å²) in [5.74, 6) is 2.91. The van der Waals surface area contributed by atoms with Gasteiger partial charge < -0.3 is 29.4 Å². The van der Waals surface area contributed by atoms with E-state index in [1.807, 2.05) is 49.5 Å². The number of likely N-dealkylation sites (N-methyl/N-ethyl adjacent to an activating group) is 1. The Bertz CT molecular complexity index is 1270. The Morgan fingerprint density at radius 2 is 1.57 bits per heavy atom. The van der Waals surface area contributed by atoms with Crippen molar-refractivity contribution in [2.24, 2.45) is 5.73 Å². The fourth-order valence-corrected chi connectivity index (χ4v) is 4.60. The zero-order valence-corrected chi connectivity index (χ0v) is 20.5. The van der Waals surface area contributed by atoms with E-state index in [0.29, 0.717) is 47.4 Å². The number of ether oxygens (including phenoxy) is 5. The maximum atomic E-state index is 9.98. The zero-order valence-electron chi connectivity index (χ0n) is 20.5. The predicted octanol–water partition coefficient (Wildman–Crippen LogP) is 3.81. The van der Waals surface area contributed by atoms with Gasteiger partial charge in [0.2, 0.25) is 5.88 Å².